The third-order valence-electron chi connectivity index (χ3n) is 3.28. The second-order valence-electron chi connectivity index (χ2n) is 4.78. The van der Waals surface area contributed by atoms with Gasteiger partial charge in [-0.15, -0.1) is 11.3 Å². The van der Waals surface area contributed by atoms with E-state index in [1.54, 1.807) is 17.5 Å². The van der Waals surface area contributed by atoms with E-state index in [-0.39, 0.29) is 0 Å². The average molecular weight is 248 g/mol. The molecule has 2 aromatic rings. The van der Waals surface area contributed by atoms with Crippen molar-refractivity contribution in [3.05, 3.63) is 23.5 Å². The van der Waals surface area contributed by atoms with E-state index < -0.39 is 0 Å². The third kappa shape index (κ3) is 2.00. The number of nitrogens with one attached hydrogen (secondary N) is 1. The Morgan fingerprint density at radius 1 is 1.47 bits per heavy atom. The molecule has 0 amide bonds. The molecule has 90 valence electrons. The zero-order chi connectivity index (χ0) is 11.8. The topological polar surface area (TPSA) is 44.8 Å². The Balaban J connectivity index is 1.70. The van der Waals surface area contributed by atoms with Gasteiger partial charge in [0.05, 0.1) is 15.6 Å². The molecule has 0 bridgehead atoms. The van der Waals surface area contributed by atoms with Crippen molar-refractivity contribution in [2.75, 3.05) is 13.1 Å². The fourth-order valence-corrected chi connectivity index (χ4v) is 3.06. The van der Waals surface area contributed by atoms with Gasteiger partial charge in [0.25, 0.3) is 0 Å². The molecule has 0 spiro atoms. The van der Waals surface area contributed by atoms with Crippen molar-refractivity contribution in [3.8, 4) is 10.6 Å². The summed E-state index contributed by atoms with van der Waals surface area (Å²) >= 11 is 1.78. The molecule has 1 aliphatic rings. The molecule has 2 aromatic heterocycles. The molecule has 3 rings (SSSR count). The molecule has 0 unspecified atom stereocenters. The highest BCUT2D eigenvalue weighted by atomic mass is 32.1. The maximum Gasteiger partial charge on any atom is 0.0988 e. The number of hydrogen-bond acceptors (Lipinski definition) is 4. The number of aromatic amines is 1. The van der Waals surface area contributed by atoms with Crippen molar-refractivity contribution in [1.29, 1.82) is 0 Å². The first-order valence-electron chi connectivity index (χ1n) is 5.93. The maximum atomic E-state index is 4.53. The van der Waals surface area contributed by atoms with Gasteiger partial charge in [0.2, 0.25) is 0 Å². The summed E-state index contributed by atoms with van der Waals surface area (Å²) in [4.78, 5) is 8.19. The quantitative estimate of drug-likeness (QED) is 0.906. The van der Waals surface area contributed by atoms with Crippen LogP contribution in [0.3, 0.4) is 0 Å². The Morgan fingerprint density at radius 2 is 2.29 bits per heavy atom. The van der Waals surface area contributed by atoms with Crippen LogP contribution in [0.15, 0.2) is 18.5 Å². The molecule has 1 saturated heterocycles. The van der Waals surface area contributed by atoms with Gasteiger partial charge < -0.3 is 0 Å². The van der Waals surface area contributed by atoms with Crippen molar-refractivity contribution < 1.29 is 0 Å². The van der Waals surface area contributed by atoms with Gasteiger partial charge in [-0.25, -0.2) is 4.98 Å². The first-order valence-corrected chi connectivity index (χ1v) is 6.75. The van der Waals surface area contributed by atoms with Crippen LogP contribution in [-0.2, 0) is 0 Å². The summed E-state index contributed by atoms with van der Waals surface area (Å²) in [6, 6.07) is 2.64. The van der Waals surface area contributed by atoms with Crippen molar-refractivity contribution in [1.82, 2.24) is 20.1 Å². The van der Waals surface area contributed by atoms with Crippen LogP contribution in [0.25, 0.3) is 10.6 Å². The van der Waals surface area contributed by atoms with Gasteiger partial charge >= 0.3 is 0 Å². The molecule has 1 aliphatic heterocycles. The second-order valence-corrected chi connectivity index (χ2v) is 5.84. The summed E-state index contributed by atoms with van der Waals surface area (Å²) in [7, 11) is 0. The van der Waals surface area contributed by atoms with Crippen LogP contribution in [0.1, 0.15) is 24.8 Å². The summed E-state index contributed by atoms with van der Waals surface area (Å²) in [6.07, 6.45) is 3.73. The van der Waals surface area contributed by atoms with Crippen LogP contribution in [0.2, 0.25) is 0 Å². The summed E-state index contributed by atoms with van der Waals surface area (Å²) < 4.78 is 0. The number of thiazole rings is 1. The van der Waals surface area contributed by atoms with Crippen LogP contribution >= 0.6 is 11.3 Å². The largest absolute Gasteiger partial charge is 0.299 e. The lowest BCUT2D eigenvalue weighted by atomic mass is 9.99. The Hall–Kier alpha value is -1.20. The minimum Gasteiger partial charge on any atom is -0.299 e. The fraction of sp³-hybridized carbons (Fsp3) is 0.500. The fourth-order valence-electron chi connectivity index (χ4n) is 2.08. The Labute approximate surface area is 105 Å². The standard InChI is InChI=1S/C12H16N4S/c1-8(2)16-6-9(7-16)12-13-5-11(17-12)10-3-4-14-15-10/h3-5,8-9H,6-7H2,1-2H3,(H,14,15). The number of likely N-dealkylation sites (tertiary alicyclic amines) is 1. The Morgan fingerprint density at radius 3 is 2.94 bits per heavy atom. The van der Waals surface area contributed by atoms with Crippen LogP contribution in [-0.4, -0.2) is 39.2 Å². The lowest BCUT2D eigenvalue weighted by Gasteiger charge is -2.41. The molecule has 4 nitrogen and oxygen atoms in total. The monoisotopic (exact) mass is 248 g/mol. The minimum atomic E-state index is 0.624. The van der Waals surface area contributed by atoms with E-state index in [1.165, 1.54) is 9.88 Å². The van der Waals surface area contributed by atoms with E-state index in [0.717, 1.165) is 18.8 Å². The molecule has 0 atom stereocenters. The van der Waals surface area contributed by atoms with E-state index in [0.29, 0.717) is 12.0 Å². The molecular formula is C12H16N4S. The highest BCUT2D eigenvalue weighted by Crippen LogP contribution is 2.34. The van der Waals surface area contributed by atoms with E-state index in [2.05, 4.69) is 33.9 Å². The van der Waals surface area contributed by atoms with E-state index in [4.69, 9.17) is 0 Å². The first-order chi connectivity index (χ1) is 8.24. The lowest BCUT2D eigenvalue weighted by Crippen LogP contribution is -2.48. The molecule has 0 aromatic carbocycles. The van der Waals surface area contributed by atoms with Crippen LogP contribution < -0.4 is 0 Å². The molecule has 0 radical (unpaired) electrons. The Kier molecular flexibility index (Phi) is 2.72. The SMILES string of the molecule is CC(C)N1CC(c2ncc(-c3ccn[nH]3)s2)C1. The van der Waals surface area contributed by atoms with Crippen LogP contribution in [0, 0.1) is 0 Å². The zero-order valence-corrected chi connectivity index (χ0v) is 10.9. The number of rotatable bonds is 3. The molecule has 1 N–H and O–H groups in total. The summed E-state index contributed by atoms with van der Waals surface area (Å²) in [5, 5.41) is 8.20. The van der Waals surface area contributed by atoms with Crippen LogP contribution in [0.5, 0.6) is 0 Å². The molecule has 0 saturated carbocycles. The summed E-state index contributed by atoms with van der Waals surface area (Å²) in [5.74, 6) is 0.624. The Bertz CT molecular complexity index is 482. The molecule has 1 fully saturated rings. The zero-order valence-electron chi connectivity index (χ0n) is 10.1. The van der Waals surface area contributed by atoms with Gasteiger partial charge in [-0.1, -0.05) is 0 Å². The predicted molar refractivity (Wildman–Crippen MR) is 69.1 cm³/mol. The summed E-state index contributed by atoms with van der Waals surface area (Å²) in [6.45, 7) is 6.78. The lowest BCUT2D eigenvalue weighted by molar-refractivity contribution is 0.110. The van der Waals surface area contributed by atoms with Crippen LogP contribution in [0.4, 0.5) is 0 Å². The molecule has 17 heavy (non-hydrogen) atoms. The van der Waals surface area contributed by atoms with Gasteiger partial charge in [-0.2, -0.15) is 5.10 Å². The van der Waals surface area contributed by atoms with Crippen molar-refractivity contribution >= 4 is 11.3 Å². The normalized spacial score (nSPS) is 17.6. The van der Waals surface area contributed by atoms with E-state index in [1.807, 2.05) is 12.3 Å². The highest BCUT2D eigenvalue weighted by molar-refractivity contribution is 7.15. The first kappa shape index (κ1) is 10.9. The van der Waals surface area contributed by atoms with E-state index in [9.17, 15) is 0 Å². The third-order valence-corrected chi connectivity index (χ3v) is 4.47. The molecular weight excluding hydrogens is 232 g/mol. The minimum absolute atomic E-state index is 0.624. The smallest absolute Gasteiger partial charge is 0.0988 e. The maximum absolute atomic E-state index is 4.53. The molecule has 5 heteroatoms. The molecule has 3 heterocycles. The average Bonchev–Trinajstić information content (AvgIpc) is 2.82. The summed E-state index contributed by atoms with van der Waals surface area (Å²) in [5.41, 5.74) is 1.06. The number of nitrogens with zero attached hydrogens (tertiary/aromatic N) is 3. The van der Waals surface area contributed by atoms with Gasteiger partial charge in [0.1, 0.15) is 0 Å². The van der Waals surface area contributed by atoms with Gasteiger partial charge in [-0.05, 0) is 19.9 Å². The van der Waals surface area contributed by atoms with Gasteiger partial charge in [0, 0.05) is 37.4 Å². The second kappa shape index (κ2) is 4.23. The van der Waals surface area contributed by atoms with Crippen molar-refractivity contribution in [2.45, 2.75) is 25.8 Å². The van der Waals surface area contributed by atoms with E-state index >= 15 is 0 Å². The van der Waals surface area contributed by atoms with Gasteiger partial charge in [0.15, 0.2) is 0 Å². The highest BCUT2D eigenvalue weighted by Gasteiger charge is 2.31. The van der Waals surface area contributed by atoms with Crippen molar-refractivity contribution in [3.63, 3.8) is 0 Å². The number of hydrogen-bond donors (Lipinski definition) is 1. The predicted octanol–water partition coefficient (Wildman–Crippen LogP) is 2.34. The molecule has 0 aliphatic carbocycles. The number of aromatic nitrogens is 3. The van der Waals surface area contributed by atoms with Crippen molar-refractivity contribution in [2.24, 2.45) is 0 Å². The number of H-pyrrole nitrogens is 1. The van der Waals surface area contributed by atoms with Gasteiger partial charge in [-0.3, -0.25) is 10.00 Å².